The Bertz CT molecular complexity index is 557. The minimum atomic E-state index is 0.0696. The first-order chi connectivity index (χ1) is 8.67. The van der Waals surface area contributed by atoms with Gasteiger partial charge in [0.15, 0.2) is 5.78 Å². The number of hydrogen-bond donors (Lipinski definition) is 1. The number of carbonyl (C=O) groups excluding carboxylic acids is 1. The van der Waals surface area contributed by atoms with Gasteiger partial charge in [-0.15, -0.1) is 0 Å². The maximum absolute atomic E-state index is 12.3. The Morgan fingerprint density at radius 3 is 2.89 bits per heavy atom. The first-order valence-corrected chi connectivity index (χ1v) is 6.36. The van der Waals surface area contributed by atoms with Crippen molar-refractivity contribution in [3.05, 3.63) is 30.0 Å². The highest BCUT2D eigenvalue weighted by Gasteiger charge is 2.18. The van der Waals surface area contributed by atoms with Crippen LogP contribution >= 0.6 is 0 Å². The molecule has 1 unspecified atom stereocenters. The molecule has 18 heavy (non-hydrogen) atoms. The predicted octanol–water partition coefficient (Wildman–Crippen LogP) is 3.80. The Hall–Kier alpha value is -1.77. The highest BCUT2D eigenvalue weighted by atomic mass is 16.5. The zero-order chi connectivity index (χ0) is 13.1. The molecule has 0 aliphatic heterocycles. The smallest absolute Gasteiger partial charge is 0.167 e. The Balaban J connectivity index is 2.41. The number of nitrogens with one attached hydrogen (secondary N) is 1. The molecule has 0 aliphatic carbocycles. The maximum atomic E-state index is 12.3. The number of Topliss-reactive ketones (excluding diaryl/α,β-unsaturated/α-hetero) is 1. The minimum absolute atomic E-state index is 0.0696. The summed E-state index contributed by atoms with van der Waals surface area (Å²) in [6.45, 7) is 4.09. The molecule has 0 bridgehead atoms. The third kappa shape index (κ3) is 2.26. The van der Waals surface area contributed by atoms with Gasteiger partial charge < -0.3 is 9.72 Å². The molecule has 96 valence electrons. The van der Waals surface area contributed by atoms with Crippen LogP contribution < -0.4 is 4.74 Å². The fraction of sp³-hybridized carbons (Fsp3) is 0.400. The Morgan fingerprint density at radius 2 is 2.22 bits per heavy atom. The van der Waals surface area contributed by atoms with E-state index in [9.17, 15) is 4.79 Å². The van der Waals surface area contributed by atoms with Crippen molar-refractivity contribution in [2.45, 2.75) is 26.7 Å². The second-order valence-corrected chi connectivity index (χ2v) is 4.67. The van der Waals surface area contributed by atoms with Crippen molar-refractivity contribution in [2.24, 2.45) is 5.92 Å². The van der Waals surface area contributed by atoms with Gasteiger partial charge in [-0.3, -0.25) is 4.79 Å². The molecule has 1 atom stereocenters. The van der Waals surface area contributed by atoms with Crippen LogP contribution in [-0.4, -0.2) is 17.9 Å². The molecule has 0 fully saturated rings. The summed E-state index contributed by atoms with van der Waals surface area (Å²) in [6, 6.07) is 5.75. The highest BCUT2D eigenvalue weighted by molar-refractivity contribution is 6.09. The highest BCUT2D eigenvalue weighted by Crippen LogP contribution is 2.26. The number of ether oxygens (including phenoxy) is 1. The standard InChI is InChI=1S/C15H19NO2/c1-4-5-10(2)15(17)13-9-16-14-7-6-11(18-3)8-12(13)14/h6-10,16H,4-5H2,1-3H3. The van der Waals surface area contributed by atoms with Gasteiger partial charge in [0.2, 0.25) is 0 Å². The van der Waals surface area contributed by atoms with Gasteiger partial charge in [-0.25, -0.2) is 0 Å². The zero-order valence-electron chi connectivity index (χ0n) is 11.1. The zero-order valence-corrected chi connectivity index (χ0v) is 11.1. The molecule has 0 radical (unpaired) electrons. The lowest BCUT2D eigenvalue weighted by atomic mass is 9.95. The summed E-state index contributed by atoms with van der Waals surface area (Å²) >= 11 is 0. The van der Waals surface area contributed by atoms with Crippen LogP contribution in [0.4, 0.5) is 0 Å². The monoisotopic (exact) mass is 245 g/mol. The number of H-pyrrole nitrogens is 1. The average molecular weight is 245 g/mol. The molecule has 2 aromatic rings. The van der Waals surface area contributed by atoms with E-state index >= 15 is 0 Å². The lowest BCUT2D eigenvalue weighted by Crippen LogP contribution is -2.10. The maximum Gasteiger partial charge on any atom is 0.167 e. The molecule has 3 nitrogen and oxygen atoms in total. The van der Waals surface area contributed by atoms with E-state index in [4.69, 9.17) is 4.74 Å². The van der Waals surface area contributed by atoms with Crippen molar-refractivity contribution in [3.8, 4) is 5.75 Å². The molecular formula is C15H19NO2. The molecule has 0 amide bonds. The van der Waals surface area contributed by atoms with Gasteiger partial charge in [0.05, 0.1) is 7.11 Å². The number of hydrogen-bond acceptors (Lipinski definition) is 2. The van der Waals surface area contributed by atoms with Gasteiger partial charge in [0.25, 0.3) is 0 Å². The third-order valence-electron chi connectivity index (χ3n) is 3.32. The van der Waals surface area contributed by atoms with Crippen molar-refractivity contribution < 1.29 is 9.53 Å². The second-order valence-electron chi connectivity index (χ2n) is 4.67. The van der Waals surface area contributed by atoms with Crippen LogP contribution in [0.25, 0.3) is 10.9 Å². The van der Waals surface area contributed by atoms with Crippen LogP contribution in [0.5, 0.6) is 5.75 Å². The molecule has 0 spiro atoms. The SMILES string of the molecule is CCCC(C)C(=O)c1c[nH]c2ccc(OC)cc12. The molecule has 3 heteroatoms. The van der Waals surface area contributed by atoms with Gasteiger partial charge in [0, 0.05) is 28.6 Å². The Labute approximate surface area is 107 Å². The molecule has 0 saturated carbocycles. The Kier molecular flexibility index (Phi) is 3.70. The molecule has 0 saturated heterocycles. The van der Waals surface area contributed by atoms with E-state index in [1.807, 2.05) is 25.1 Å². The van der Waals surface area contributed by atoms with Crippen LogP contribution in [-0.2, 0) is 0 Å². The summed E-state index contributed by atoms with van der Waals surface area (Å²) in [4.78, 5) is 15.5. The third-order valence-corrected chi connectivity index (χ3v) is 3.32. The van der Waals surface area contributed by atoms with Crippen LogP contribution in [0, 0.1) is 5.92 Å². The summed E-state index contributed by atoms with van der Waals surface area (Å²) in [5.74, 6) is 1.05. The van der Waals surface area contributed by atoms with Crippen molar-refractivity contribution in [3.63, 3.8) is 0 Å². The number of benzene rings is 1. The van der Waals surface area contributed by atoms with Crippen molar-refractivity contribution in [1.29, 1.82) is 0 Å². The Morgan fingerprint density at radius 1 is 1.44 bits per heavy atom. The van der Waals surface area contributed by atoms with E-state index < -0.39 is 0 Å². The van der Waals surface area contributed by atoms with Gasteiger partial charge in [-0.05, 0) is 24.6 Å². The summed E-state index contributed by atoms with van der Waals surface area (Å²) < 4.78 is 5.21. The van der Waals surface area contributed by atoms with E-state index in [1.165, 1.54) is 0 Å². The summed E-state index contributed by atoms with van der Waals surface area (Å²) in [5, 5.41) is 0.947. The lowest BCUT2D eigenvalue weighted by molar-refractivity contribution is 0.0925. The largest absolute Gasteiger partial charge is 0.497 e. The molecule has 0 aliphatic rings. The topological polar surface area (TPSA) is 42.1 Å². The van der Waals surface area contributed by atoms with E-state index in [1.54, 1.807) is 13.3 Å². The van der Waals surface area contributed by atoms with Gasteiger partial charge in [0.1, 0.15) is 5.75 Å². The van der Waals surface area contributed by atoms with Gasteiger partial charge >= 0.3 is 0 Å². The summed E-state index contributed by atoms with van der Waals surface area (Å²) in [5.41, 5.74) is 1.74. The molecule has 1 heterocycles. The van der Waals surface area contributed by atoms with Crippen molar-refractivity contribution >= 4 is 16.7 Å². The fourth-order valence-electron chi connectivity index (χ4n) is 2.26. The quantitative estimate of drug-likeness (QED) is 0.814. The number of carbonyl (C=O) groups is 1. The number of fused-ring (bicyclic) bond motifs is 1. The van der Waals surface area contributed by atoms with Crippen LogP contribution in [0.2, 0.25) is 0 Å². The number of rotatable bonds is 5. The first kappa shape index (κ1) is 12.7. The number of aromatic amines is 1. The van der Waals surface area contributed by atoms with Crippen molar-refractivity contribution in [2.75, 3.05) is 7.11 Å². The minimum Gasteiger partial charge on any atom is -0.497 e. The predicted molar refractivity (Wildman–Crippen MR) is 73.3 cm³/mol. The molecular weight excluding hydrogens is 226 g/mol. The first-order valence-electron chi connectivity index (χ1n) is 6.36. The second kappa shape index (κ2) is 5.25. The normalized spacial score (nSPS) is 12.6. The van der Waals surface area contributed by atoms with Gasteiger partial charge in [-0.1, -0.05) is 20.3 Å². The summed E-state index contributed by atoms with van der Waals surface area (Å²) in [6.07, 6.45) is 3.76. The average Bonchev–Trinajstić information content (AvgIpc) is 2.80. The molecule has 1 aromatic heterocycles. The van der Waals surface area contributed by atoms with E-state index in [0.717, 1.165) is 35.1 Å². The van der Waals surface area contributed by atoms with E-state index in [0.29, 0.717) is 0 Å². The van der Waals surface area contributed by atoms with E-state index in [-0.39, 0.29) is 11.7 Å². The molecule has 2 rings (SSSR count). The molecule has 1 aromatic carbocycles. The van der Waals surface area contributed by atoms with Crippen molar-refractivity contribution in [1.82, 2.24) is 4.98 Å². The molecule has 1 N–H and O–H groups in total. The summed E-state index contributed by atoms with van der Waals surface area (Å²) in [7, 11) is 1.63. The van der Waals surface area contributed by atoms with Crippen LogP contribution in [0.1, 0.15) is 37.0 Å². The van der Waals surface area contributed by atoms with E-state index in [2.05, 4.69) is 11.9 Å². The van der Waals surface area contributed by atoms with Crippen LogP contribution in [0.15, 0.2) is 24.4 Å². The number of methoxy groups -OCH3 is 1. The number of aromatic nitrogens is 1. The fourth-order valence-corrected chi connectivity index (χ4v) is 2.26. The van der Waals surface area contributed by atoms with Gasteiger partial charge in [-0.2, -0.15) is 0 Å². The lowest BCUT2D eigenvalue weighted by Gasteiger charge is -2.08. The number of ketones is 1. The van der Waals surface area contributed by atoms with Crippen LogP contribution in [0.3, 0.4) is 0 Å².